The summed E-state index contributed by atoms with van der Waals surface area (Å²) in [6.45, 7) is 1.73. The summed E-state index contributed by atoms with van der Waals surface area (Å²) in [7, 11) is 0. The largest absolute Gasteiger partial charge is 0.503 e. The Labute approximate surface area is 68.2 Å². The molecular formula is C5H9ClO5. The predicted molar refractivity (Wildman–Crippen MR) is 38.2 cm³/mol. The monoisotopic (exact) mass is 184 g/mol. The minimum Gasteiger partial charge on any atom is -0.480 e. The van der Waals surface area contributed by atoms with Gasteiger partial charge in [-0.25, -0.2) is 4.79 Å². The molecule has 0 rings (SSSR count). The first-order valence-corrected chi connectivity index (χ1v) is 3.14. The van der Waals surface area contributed by atoms with E-state index in [-0.39, 0.29) is 0 Å². The average molecular weight is 185 g/mol. The van der Waals surface area contributed by atoms with Crippen LogP contribution in [0.2, 0.25) is 0 Å². The molecule has 0 bridgehead atoms. The molecule has 6 heteroatoms. The third kappa shape index (κ3) is 17.6. The van der Waals surface area contributed by atoms with Crippen molar-refractivity contribution in [2.75, 3.05) is 0 Å². The molecule has 11 heavy (non-hydrogen) atoms. The van der Waals surface area contributed by atoms with Crippen LogP contribution < -0.4 is 0 Å². The molecule has 0 radical (unpaired) electrons. The highest BCUT2D eigenvalue weighted by Crippen LogP contribution is 1.98. The molecular weight excluding hydrogens is 176 g/mol. The number of halogens is 1. The summed E-state index contributed by atoms with van der Waals surface area (Å²) >= 11 is 5.20. The van der Waals surface area contributed by atoms with Gasteiger partial charge in [0.25, 0.3) is 0 Å². The second-order valence-electron chi connectivity index (χ2n) is 1.50. The standard InChI is InChI=1S/C4H7ClO2.CH2O3/c1-2-3(5)4(6)7;2-1(3)4/h3H,2H2,1H3,(H,6,7);(H2,2,3,4). The zero-order valence-corrected chi connectivity index (χ0v) is 6.58. The molecule has 0 fully saturated rings. The lowest BCUT2D eigenvalue weighted by Crippen LogP contribution is -2.10. The Morgan fingerprint density at radius 2 is 1.64 bits per heavy atom. The fourth-order valence-electron chi connectivity index (χ4n) is 0.175. The molecule has 1 atom stereocenters. The molecule has 1 unspecified atom stereocenters. The van der Waals surface area contributed by atoms with Crippen molar-refractivity contribution < 1.29 is 24.9 Å². The molecule has 0 aliphatic carbocycles. The quantitative estimate of drug-likeness (QED) is 0.563. The predicted octanol–water partition coefficient (Wildman–Crippen LogP) is 1.31. The minimum atomic E-state index is -1.83. The molecule has 0 heterocycles. The molecule has 0 aliphatic heterocycles. The lowest BCUT2D eigenvalue weighted by molar-refractivity contribution is -0.136. The van der Waals surface area contributed by atoms with Crippen molar-refractivity contribution in [3.8, 4) is 0 Å². The number of carboxylic acid groups (broad SMARTS) is 3. The van der Waals surface area contributed by atoms with Crippen LogP contribution >= 0.6 is 11.6 Å². The van der Waals surface area contributed by atoms with E-state index in [1.54, 1.807) is 6.92 Å². The number of carboxylic acids is 1. The smallest absolute Gasteiger partial charge is 0.480 e. The van der Waals surface area contributed by atoms with E-state index in [2.05, 4.69) is 0 Å². The normalized spacial score (nSPS) is 10.7. The zero-order chi connectivity index (χ0) is 9.44. The van der Waals surface area contributed by atoms with E-state index in [0.717, 1.165) is 0 Å². The maximum atomic E-state index is 9.80. The third-order valence-electron chi connectivity index (χ3n) is 0.626. The lowest BCUT2D eigenvalue weighted by Gasteiger charge is -1.93. The maximum Gasteiger partial charge on any atom is 0.503 e. The Balaban J connectivity index is 0. The molecule has 0 aromatic rings. The molecule has 0 saturated heterocycles. The molecule has 0 saturated carbocycles. The molecule has 0 spiro atoms. The van der Waals surface area contributed by atoms with Gasteiger partial charge in [-0.3, -0.25) is 4.79 Å². The fourth-order valence-corrected chi connectivity index (χ4v) is 0.175. The summed E-state index contributed by atoms with van der Waals surface area (Å²) in [4.78, 5) is 18.4. The number of carbonyl (C=O) groups is 2. The average Bonchev–Trinajstić information content (AvgIpc) is 1.85. The second kappa shape index (κ2) is 7.14. The fraction of sp³-hybridized carbons (Fsp3) is 0.600. The molecule has 0 aromatic heterocycles. The van der Waals surface area contributed by atoms with Crippen molar-refractivity contribution in [1.29, 1.82) is 0 Å². The lowest BCUT2D eigenvalue weighted by atomic mass is 10.3. The van der Waals surface area contributed by atoms with Crippen molar-refractivity contribution in [2.45, 2.75) is 18.7 Å². The van der Waals surface area contributed by atoms with Crippen molar-refractivity contribution in [3.63, 3.8) is 0 Å². The maximum absolute atomic E-state index is 9.80. The first-order chi connectivity index (χ1) is 4.91. The Bertz CT molecular complexity index is 131. The summed E-state index contributed by atoms with van der Waals surface area (Å²) in [5.41, 5.74) is 0. The Hall–Kier alpha value is -0.970. The summed E-state index contributed by atoms with van der Waals surface area (Å²) in [5.74, 6) is -0.941. The van der Waals surface area contributed by atoms with Crippen molar-refractivity contribution in [3.05, 3.63) is 0 Å². The molecule has 66 valence electrons. The third-order valence-corrected chi connectivity index (χ3v) is 1.12. The van der Waals surface area contributed by atoms with Crippen LogP contribution in [-0.2, 0) is 4.79 Å². The van der Waals surface area contributed by atoms with Crippen LogP contribution in [0.3, 0.4) is 0 Å². The zero-order valence-electron chi connectivity index (χ0n) is 5.82. The molecule has 0 aliphatic rings. The van der Waals surface area contributed by atoms with Crippen LogP contribution in [0.4, 0.5) is 4.79 Å². The van der Waals surface area contributed by atoms with Gasteiger partial charge >= 0.3 is 12.1 Å². The van der Waals surface area contributed by atoms with Crippen LogP contribution in [-0.4, -0.2) is 32.8 Å². The number of aliphatic carboxylic acids is 1. The van der Waals surface area contributed by atoms with Gasteiger partial charge in [-0.2, -0.15) is 0 Å². The molecule has 5 nitrogen and oxygen atoms in total. The van der Waals surface area contributed by atoms with Crippen molar-refractivity contribution >= 4 is 23.7 Å². The van der Waals surface area contributed by atoms with E-state index in [4.69, 9.17) is 31.7 Å². The first-order valence-electron chi connectivity index (χ1n) is 2.70. The summed E-state index contributed by atoms with van der Waals surface area (Å²) in [5, 5.41) is 21.3. The van der Waals surface area contributed by atoms with E-state index < -0.39 is 17.5 Å². The van der Waals surface area contributed by atoms with Gasteiger partial charge in [0.05, 0.1) is 0 Å². The molecule has 0 aromatic carbocycles. The van der Waals surface area contributed by atoms with Gasteiger partial charge in [-0.15, -0.1) is 11.6 Å². The van der Waals surface area contributed by atoms with Gasteiger partial charge in [0.2, 0.25) is 0 Å². The summed E-state index contributed by atoms with van der Waals surface area (Å²) in [6, 6.07) is 0. The van der Waals surface area contributed by atoms with E-state index in [1.165, 1.54) is 0 Å². The summed E-state index contributed by atoms with van der Waals surface area (Å²) < 4.78 is 0. The van der Waals surface area contributed by atoms with Gasteiger partial charge < -0.3 is 15.3 Å². The number of alkyl halides is 1. The van der Waals surface area contributed by atoms with Gasteiger partial charge in [0.1, 0.15) is 5.38 Å². The van der Waals surface area contributed by atoms with Gasteiger partial charge in [0.15, 0.2) is 0 Å². The molecule has 3 N–H and O–H groups in total. The van der Waals surface area contributed by atoms with Crippen LogP contribution in [0.25, 0.3) is 0 Å². The topological polar surface area (TPSA) is 94.8 Å². The first kappa shape index (κ1) is 12.7. The van der Waals surface area contributed by atoms with Gasteiger partial charge in [-0.1, -0.05) is 6.92 Å². The summed E-state index contributed by atoms with van der Waals surface area (Å²) in [6.07, 6.45) is -1.35. The van der Waals surface area contributed by atoms with Gasteiger partial charge in [0, 0.05) is 0 Å². The Morgan fingerprint density at radius 1 is 1.36 bits per heavy atom. The van der Waals surface area contributed by atoms with Crippen LogP contribution in [0.1, 0.15) is 13.3 Å². The number of hydrogen-bond donors (Lipinski definition) is 3. The minimum absolute atomic E-state index is 0.483. The molecule has 0 amide bonds. The SMILES string of the molecule is CCC(Cl)C(=O)O.O=C(O)O. The second-order valence-corrected chi connectivity index (χ2v) is 2.02. The number of rotatable bonds is 2. The van der Waals surface area contributed by atoms with Crippen molar-refractivity contribution in [2.24, 2.45) is 0 Å². The highest BCUT2D eigenvalue weighted by atomic mass is 35.5. The van der Waals surface area contributed by atoms with Crippen LogP contribution in [0, 0.1) is 0 Å². The van der Waals surface area contributed by atoms with E-state index in [1.807, 2.05) is 0 Å². The van der Waals surface area contributed by atoms with Crippen molar-refractivity contribution in [1.82, 2.24) is 0 Å². The number of hydrogen-bond acceptors (Lipinski definition) is 2. The van der Waals surface area contributed by atoms with E-state index in [0.29, 0.717) is 6.42 Å². The van der Waals surface area contributed by atoms with Crippen LogP contribution in [0.15, 0.2) is 0 Å². The highest BCUT2D eigenvalue weighted by molar-refractivity contribution is 6.29. The van der Waals surface area contributed by atoms with E-state index >= 15 is 0 Å². The van der Waals surface area contributed by atoms with Gasteiger partial charge in [-0.05, 0) is 6.42 Å². The highest BCUT2D eigenvalue weighted by Gasteiger charge is 2.08. The van der Waals surface area contributed by atoms with Crippen LogP contribution in [0.5, 0.6) is 0 Å². The van der Waals surface area contributed by atoms with E-state index in [9.17, 15) is 4.79 Å². The Morgan fingerprint density at radius 3 is 1.64 bits per heavy atom. The Kier molecular flexibility index (Phi) is 8.23.